The van der Waals surface area contributed by atoms with Gasteiger partial charge in [-0.2, -0.15) is 5.26 Å². The zero-order valence-corrected chi connectivity index (χ0v) is 20.7. The van der Waals surface area contributed by atoms with Crippen molar-refractivity contribution in [3.63, 3.8) is 0 Å². The highest BCUT2D eigenvalue weighted by molar-refractivity contribution is 6.30. The summed E-state index contributed by atoms with van der Waals surface area (Å²) in [6, 6.07) is 31.7. The molecule has 0 saturated heterocycles. The van der Waals surface area contributed by atoms with Gasteiger partial charge in [-0.1, -0.05) is 85.8 Å². The molecule has 6 rings (SSSR count). The third kappa shape index (κ3) is 6.73. The first-order chi connectivity index (χ1) is 18.0. The van der Waals surface area contributed by atoms with Crippen molar-refractivity contribution in [1.82, 2.24) is 0 Å². The van der Waals surface area contributed by atoms with E-state index in [0.29, 0.717) is 41.3 Å². The first kappa shape index (κ1) is 27.9. The van der Waals surface area contributed by atoms with Crippen LogP contribution in [0, 0.1) is 17.9 Å². The number of amides is 1. The van der Waals surface area contributed by atoms with Gasteiger partial charge in [0.15, 0.2) is 5.69 Å². The number of nitriles is 1. The molecule has 4 aromatic carbocycles. The molecule has 6 heteroatoms. The van der Waals surface area contributed by atoms with Gasteiger partial charge in [-0.25, -0.2) is 4.85 Å². The normalized spacial score (nSPS) is 12.3. The van der Waals surface area contributed by atoms with Crippen LogP contribution in [0.1, 0.15) is 29.7 Å². The lowest BCUT2D eigenvalue weighted by molar-refractivity contribution is -0.117. The van der Waals surface area contributed by atoms with E-state index in [1.54, 1.807) is 53.4 Å². The molecule has 0 N–H and O–H groups in total. The van der Waals surface area contributed by atoms with E-state index in [1.165, 1.54) is 11.1 Å². The van der Waals surface area contributed by atoms with Gasteiger partial charge in [0.25, 0.3) is 0 Å². The Labute approximate surface area is 228 Å². The summed E-state index contributed by atoms with van der Waals surface area (Å²) in [5.74, 6) is 0.419. The van der Waals surface area contributed by atoms with Crippen LogP contribution in [-0.4, -0.2) is 11.7 Å². The van der Waals surface area contributed by atoms with Crippen LogP contribution in [0.4, 0.5) is 17.1 Å². The van der Waals surface area contributed by atoms with Crippen LogP contribution >= 0.6 is 11.6 Å². The van der Waals surface area contributed by atoms with Gasteiger partial charge in [0, 0.05) is 23.6 Å². The number of Topliss-reactive ketones (excluding diaryl/α,β-unsaturated/α-hetero) is 1. The third-order valence-corrected chi connectivity index (χ3v) is 6.18. The van der Waals surface area contributed by atoms with Crippen LogP contribution in [0.25, 0.3) is 4.85 Å². The fraction of sp³-hybridized carbons (Fsp3) is 0.125. The standard InChI is InChI=1S/C15H10N2O.C9H8O.C7H4ClN.CH4/c16-10-11-5-7-13(8-6-11)17-14-4-2-1-3-12(14)9-15(17)18;10-9-5-7-3-1-2-4-8(7)6-9;1-9-7-4-2-6(8)3-5-7;/h1-8H,9H2;1-4H,5-6H2;2-5H;1H4. The average molecular weight is 520 g/mol. The number of ketones is 1. The molecule has 0 fully saturated rings. The van der Waals surface area contributed by atoms with Crippen molar-refractivity contribution < 1.29 is 9.59 Å². The van der Waals surface area contributed by atoms with E-state index in [9.17, 15) is 9.59 Å². The molecular formula is C32H26ClN3O2. The van der Waals surface area contributed by atoms with Crippen LogP contribution in [0.3, 0.4) is 0 Å². The molecule has 0 aromatic heterocycles. The van der Waals surface area contributed by atoms with E-state index in [1.807, 2.05) is 48.5 Å². The molecule has 0 bridgehead atoms. The number of rotatable bonds is 1. The second kappa shape index (κ2) is 13.0. The zero-order chi connectivity index (χ0) is 26.2. The summed E-state index contributed by atoms with van der Waals surface area (Å²) in [4.78, 5) is 27.9. The Hall–Kier alpha value is -4.71. The van der Waals surface area contributed by atoms with Crippen molar-refractivity contribution in [2.45, 2.75) is 26.7 Å². The van der Waals surface area contributed by atoms with E-state index < -0.39 is 0 Å². The molecule has 4 aromatic rings. The predicted octanol–water partition coefficient (Wildman–Crippen LogP) is 7.66. The molecule has 188 valence electrons. The Morgan fingerprint density at radius 3 is 1.87 bits per heavy atom. The molecule has 0 atom stereocenters. The Kier molecular flexibility index (Phi) is 9.54. The van der Waals surface area contributed by atoms with Gasteiger partial charge in [-0.15, -0.1) is 0 Å². The van der Waals surface area contributed by atoms with Gasteiger partial charge in [-0.3, -0.25) is 14.5 Å². The Morgan fingerprint density at radius 2 is 1.32 bits per heavy atom. The molecule has 38 heavy (non-hydrogen) atoms. The maximum atomic E-state index is 12.0. The molecule has 0 spiro atoms. The second-order valence-corrected chi connectivity index (χ2v) is 8.88. The van der Waals surface area contributed by atoms with Gasteiger partial charge < -0.3 is 0 Å². The van der Waals surface area contributed by atoms with E-state index in [2.05, 4.69) is 10.9 Å². The van der Waals surface area contributed by atoms with Crippen molar-refractivity contribution >= 4 is 40.4 Å². The monoisotopic (exact) mass is 519 g/mol. The first-order valence-corrected chi connectivity index (χ1v) is 12.0. The number of nitrogens with zero attached hydrogens (tertiary/aromatic N) is 3. The van der Waals surface area contributed by atoms with Crippen molar-refractivity contribution in [2.24, 2.45) is 0 Å². The lowest BCUT2D eigenvalue weighted by Crippen LogP contribution is -2.20. The molecule has 1 aliphatic heterocycles. The minimum Gasteiger partial charge on any atom is -0.299 e. The molecule has 0 unspecified atom stereocenters. The smallest absolute Gasteiger partial charge is 0.236 e. The van der Waals surface area contributed by atoms with E-state index >= 15 is 0 Å². The van der Waals surface area contributed by atoms with Crippen LogP contribution in [0.5, 0.6) is 0 Å². The van der Waals surface area contributed by atoms with Crippen molar-refractivity contribution in [3.8, 4) is 6.07 Å². The van der Waals surface area contributed by atoms with Crippen LogP contribution < -0.4 is 4.90 Å². The number of fused-ring (bicyclic) bond motifs is 2. The van der Waals surface area contributed by atoms with Gasteiger partial charge in [-0.05, 0) is 47.0 Å². The number of anilines is 2. The molecule has 2 aliphatic rings. The molecule has 1 heterocycles. The third-order valence-electron chi connectivity index (χ3n) is 5.93. The number of carbonyl (C=O) groups excluding carboxylic acids is 2. The summed E-state index contributed by atoms with van der Waals surface area (Å²) in [7, 11) is 0. The summed E-state index contributed by atoms with van der Waals surface area (Å²) < 4.78 is 0. The van der Waals surface area contributed by atoms with Crippen molar-refractivity contribution in [3.05, 3.63) is 136 Å². The Bertz CT molecular complexity index is 1490. The number of carbonyl (C=O) groups is 2. The highest BCUT2D eigenvalue weighted by Gasteiger charge is 2.27. The highest BCUT2D eigenvalue weighted by Crippen LogP contribution is 2.35. The largest absolute Gasteiger partial charge is 0.299 e. The number of para-hydroxylation sites is 1. The first-order valence-electron chi connectivity index (χ1n) is 11.6. The van der Waals surface area contributed by atoms with Gasteiger partial charge in [0.05, 0.1) is 30.3 Å². The number of benzene rings is 4. The number of hydrogen-bond donors (Lipinski definition) is 0. The van der Waals surface area contributed by atoms with E-state index in [4.69, 9.17) is 23.4 Å². The minimum absolute atomic E-state index is 0. The average Bonchev–Trinajstić information content (AvgIpc) is 3.48. The lowest BCUT2D eigenvalue weighted by Gasteiger charge is -2.17. The summed E-state index contributed by atoms with van der Waals surface area (Å²) in [6.07, 6.45) is 1.74. The molecule has 5 nitrogen and oxygen atoms in total. The van der Waals surface area contributed by atoms with Gasteiger partial charge in [0.1, 0.15) is 5.78 Å². The van der Waals surface area contributed by atoms with E-state index in [0.717, 1.165) is 16.9 Å². The van der Waals surface area contributed by atoms with Gasteiger partial charge >= 0.3 is 0 Å². The Morgan fingerprint density at radius 1 is 0.763 bits per heavy atom. The fourth-order valence-electron chi connectivity index (χ4n) is 4.13. The zero-order valence-electron chi connectivity index (χ0n) is 19.9. The molecular weight excluding hydrogens is 494 g/mol. The maximum Gasteiger partial charge on any atom is 0.236 e. The van der Waals surface area contributed by atoms with Crippen LogP contribution in [0.2, 0.25) is 5.02 Å². The fourth-order valence-corrected chi connectivity index (χ4v) is 4.25. The quantitative estimate of drug-likeness (QED) is 0.242. The topological polar surface area (TPSA) is 65.5 Å². The maximum absolute atomic E-state index is 12.0. The molecule has 0 saturated carbocycles. The summed E-state index contributed by atoms with van der Waals surface area (Å²) in [5, 5.41) is 9.44. The molecule has 1 aliphatic carbocycles. The summed E-state index contributed by atoms with van der Waals surface area (Å²) in [5.41, 5.74) is 6.45. The van der Waals surface area contributed by atoms with Crippen molar-refractivity contribution in [2.75, 3.05) is 4.90 Å². The number of halogens is 1. The predicted molar refractivity (Wildman–Crippen MR) is 152 cm³/mol. The summed E-state index contributed by atoms with van der Waals surface area (Å²) in [6.45, 7) is 6.60. The highest BCUT2D eigenvalue weighted by atomic mass is 35.5. The van der Waals surface area contributed by atoms with Crippen LogP contribution in [0.15, 0.2) is 97.1 Å². The van der Waals surface area contributed by atoms with E-state index in [-0.39, 0.29) is 13.3 Å². The SMILES string of the molecule is C.N#Cc1ccc(N2C(=O)Cc3ccccc32)cc1.O=C1Cc2ccccc2C1.[C-]#[N+]c1ccc(Cl)cc1. The summed E-state index contributed by atoms with van der Waals surface area (Å²) >= 11 is 5.57. The second-order valence-electron chi connectivity index (χ2n) is 8.44. The van der Waals surface area contributed by atoms with Crippen LogP contribution in [-0.2, 0) is 28.9 Å². The minimum atomic E-state index is 0. The molecule has 0 radical (unpaired) electrons. The Balaban J connectivity index is 0.000000170. The molecule has 1 amide bonds. The van der Waals surface area contributed by atoms with Crippen molar-refractivity contribution in [1.29, 1.82) is 5.26 Å². The van der Waals surface area contributed by atoms with Gasteiger partial charge in [0.2, 0.25) is 5.91 Å². The lowest BCUT2D eigenvalue weighted by atomic mass is 10.1. The number of hydrogen-bond acceptors (Lipinski definition) is 3.